The Kier molecular flexibility index (Phi) is 15.8. The maximum Gasteiger partial charge on any atom is 0.259 e. The van der Waals surface area contributed by atoms with Gasteiger partial charge < -0.3 is 24.1 Å². The average Bonchev–Trinajstić information content (AvgIpc) is 3.35. The maximum atomic E-state index is 12.3. The summed E-state index contributed by atoms with van der Waals surface area (Å²) in [6, 6.07) is 8.39. The van der Waals surface area contributed by atoms with E-state index in [0.29, 0.717) is 43.5 Å². The van der Waals surface area contributed by atoms with Crippen molar-refractivity contribution in [2.75, 3.05) is 45.3 Å². The molecule has 0 radical (unpaired) electrons. The van der Waals surface area contributed by atoms with Crippen LogP contribution < -0.4 is 10.2 Å². The SMILES string of the molecule is [C-]#[N+]CCOP(OCCCCCCNC(=O)Cc1cnc(N=Nc2ccc(N(C)C)cc2)s1)N(C(C)C)C(C)C. The lowest BCUT2D eigenvalue weighted by atomic mass is 10.2. The Labute approximate surface area is 245 Å². The molecule has 1 aromatic heterocycles. The van der Waals surface area contributed by atoms with Gasteiger partial charge in [-0.25, -0.2) is 16.2 Å². The van der Waals surface area contributed by atoms with E-state index in [-0.39, 0.29) is 12.3 Å². The molecule has 1 unspecified atom stereocenters. The van der Waals surface area contributed by atoms with Crippen LogP contribution in [0, 0.1) is 6.57 Å². The molecule has 1 amide bonds. The fourth-order valence-corrected chi connectivity index (χ4v) is 6.17. The number of anilines is 1. The molecule has 0 bridgehead atoms. The van der Waals surface area contributed by atoms with E-state index in [1.54, 1.807) is 6.20 Å². The van der Waals surface area contributed by atoms with Crippen molar-refractivity contribution in [3.63, 3.8) is 0 Å². The van der Waals surface area contributed by atoms with Gasteiger partial charge in [0, 0.05) is 49.5 Å². The first-order valence-corrected chi connectivity index (χ1v) is 15.7. The largest absolute Gasteiger partial charge is 0.378 e. The molecule has 0 saturated heterocycles. The van der Waals surface area contributed by atoms with Crippen LogP contribution in [0.5, 0.6) is 0 Å². The zero-order valence-electron chi connectivity index (χ0n) is 24.7. The lowest BCUT2D eigenvalue weighted by Gasteiger charge is -2.35. The molecule has 1 atom stereocenters. The fraction of sp³-hybridized carbons (Fsp3) is 0.607. The number of amides is 1. The summed E-state index contributed by atoms with van der Waals surface area (Å²) >= 11 is 1.37. The molecule has 12 heteroatoms. The highest BCUT2D eigenvalue weighted by Crippen LogP contribution is 2.45. The van der Waals surface area contributed by atoms with Crippen molar-refractivity contribution in [1.82, 2.24) is 15.0 Å². The summed E-state index contributed by atoms with van der Waals surface area (Å²) in [4.78, 5) is 22.9. The number of azo groups is 1. The molecule has 2 aromatic rings. The number of unbranched alkanes of at least 4 members (excludes halogenated alkanes) is 3. The molecule has 0 aliphatic carbocycles. The molecule has 2 rings (SSSR count). The van der Waals surface area contributed by atoms with Crippen molar-refractivity contribution < 1.29 is 13.8 Å². The molecule has 1 N–H and O–H groups in total. The van der Waals surface area contributed by atoms with Crippen molar-refractivity contribution in [3.8, 4) is 0 Å². The Morgan fingerprint density at radius 3 is 2.38 bits per heavy atom. The smallest absolute Gasteiger partial charge is 0.259 e. The predicted octanol–water partition coefficient (Wildman–Crippen LogP) is 7.14. The Morgan fingerprint density at radius 1 is 1.05 bits per heavy atom. The van der Waals surface area contributed by atoms with Crippen molar-refractivity contribution in [2.24, 2.45) is 10.2 Å². The highest BCUT2D eigenvalue weighted by molar-refractivity contribution is 7.44. The maximum absolute atomic E-state index is 12.3. The Bertz CT molecular complexity index is 1060. The molecular formula is C28H44N7O3PS. The summed E-state index contributed by atoms with van der Waals surface area (Å²) in [5, 5.41) is 12.0. The van der Waals surface area contributed by atoms with Gasteiger partial charge in [-0.2, -0.15) is 0 Å². The number of nitrogens with one attached hydrogen (secondary N) is 1. The monoisotopic (exact) mass is 589 g/mol. The first kappa shape index (κ1) is 33.7. The molecule has 0 aliphatic heterocycles. The van der Waals surface area contributed by atoms with Crippen molar-refractivity contribution in [1.29, 1.82) is 0 Å². The van der Waals surface area contributed by atoms with Crippen LogP contribution in [0.1, 0.15) is 58.3 Å². The van der Waals surface area contributed by atoms with E-state index in [4.69, 9.17) is 15.6 Å². The van der Waals surface area contributed by atoms with Crippen LogP contribution in [-0.2, 0) is 20.3 Å². The summed E-state index contributed by atoms with van der Waals surface area (Å²) in [7, 11) is 2.80. The summed E-state index contributed by atoms with van der Waals surface area (Å²) in [5.41, 5.74) is 1.85. The topological polar surface area (TPSA) is 96.0 Å². The van der Waals surface area contributed by atoms with Gasteiger partial charge >= 0.3 is 0 Å². The number of benzene rings is 1. The van der Waals surface area contributed by atoms with Crippen LogP contribution in [0.3, 0.4) is 0 Å². The normalized spacial score (nSPS) is 12.4. The summed E-state index contributed by atoms with van der Waals surface area (Å²) in [6.45, 7) is 17.5. The second-order valence-electron chi connectivity index (χ2n) is 10.0. The third kappa shape index (κ3) is 12.8. The van der Waals surface area contributed by atoms with Crippen molar-refractivity contribution >= 4 is 42.3 Å². The van der Waals surface area contributed by atoms with Gasteiger partial charge in [0.15, 0.2) is 0 Å². The van der Waals surface area contributed by atoms with Gasteiger partial charge in [-0.3, -0.25) is 4.79 Å². The minimum absolute atomic E-state index is 0.0144. The first-order chi connectivity index (χ1) is 19.2. The summed E-state index contributed by atoms with van der Waals surface area (Å²) in [6.07, 6.45) is 5.86. The molecule has 10 nitrogen and oxygen atoms in total. The zero-order chi connectivity index (χ0) is 29.3. The first-order valence-electron chi connectivity index (χ1n) is 13.8. The van der Waals surface area contributed by atoms with Crippen molar-refractivity contribution in [3.05, 3.63) is 46.8 Å². The quantitative estimate of drug-likeness (QED) is 0.0810. The van der Waals surface area contributed by atoms with Crippen LogP contribution in [0.4, 0.5) is 16.5 Å². The Balaban J connectivity index is 1.63. The number of nitrogens with zero attached hydrogens (tertiary/aromatic N) is 6. The Hall–Kier alpha value is -2.48. The van der Waals surface area contributed by atoms with E-state index in [1.807, 2.05) is 43.3 Å². The van der Waals surface area contributed by atoms with E-state index < -0.39 is 8.53 Å². The van der Waals surface area contributed by atoms with Crippen LogP contribution in [0.2, 0.25) is 0 Å². The number of thiazole rings is 1. The standard InChI is InChI=1S/C28H44N7O3PS/c1-22(2)35(23(3)4)39(38-19-17-29-5)37-18-11-9-8-10-16-30-27(36)20-26-21-31-28(40-26)33-32-24-12-14-25(15-13-24)34(6)7/h12-15,21-23H,8-11,16-20H2,1-4,6-7H3,(H,30,36). The van der Waals surface area contributed by atoms with E-state index >= 15 is 0 Å². The Morgan fingerprint density at radius 2 is 1.73 bits per heavy atom. The van der Waals surface area contributed by atoms with E-state index in [9.17, 15) is 4.79 Å². The number of hydrogen-bond acceptors (Lipinski definition) is 9. The number of carbonyl (C=O) groups excluding carboxylic acids is 1. The van der Waals surface area contributed by atoms with Crippen LogP contribution in [-0.4, -0.2) is 68.0 Å². The summed E-state index contributed by atoms with van der Waals surface area (Å²) in [5.74, 6) is -0.0144. The number of hydrogen-bond donors (Lipinski definition) is 1. The van der Waals surface area contributed by atoms with Gasteiger partial charge in [-0.1, -0.05) is 24.2 Å². The minimum Gasteiger partial charge on any atom is -0.378 e. The van der Waals surface area contributed by atoms with Gasteiger partial charge in [-0.05, 0) is 64.8 Å². The second kappa shape index (κ2) is 18.8. The molecular weight excluding hydrogens is 545 g/mol. The van der Waals surface area contributed by atoms with E-state index in [0.717, 1.165) is 41.9 Å². The summed E-state index contributed by atoms with van der Waals surface area (Å²) < 4.78 is 14.3. The van der Waals surface area contributed by atoms with Gasteiger partial charge in [0.25, 0.3) is 8.53 Å². The highest BCUT2D eigenvalue weighted by atomic mass is 32.1. The van der Waals surface area contributed by atoms with Crippen LogP contribution in [0.15, 0.2) is 40.7 Å². The van der Waals surface area contributed by atoms with Gasteiger partial charge in [0.1, 0.15) is 6.61 Å². The van der Waals surface area contributed by atoms with E-state index in [1.165, 1.54) is 11.3 Å². The van der Waals surface area contributed by atoms with Crippen molar-refractivity contribution in [2.45, 2.75) is 71.9 Å². The third-order valence-electron chi connectivity index (χ3n) is 5.74. The zero-order valence-corrected chi connectivity index (χ0v) is 26.4. The van der Waals surface area contributed by atoms with Crippen LogP contribution in [0.25, 0.3) is 4.85 Å². The highest BCUT2D eigenvalue weighted by Gasteiger charge is 2.27. The van der Waals surface area contributed by atoms with Crippen LogP contribution >= 0.6 is 19.9 Å². The third-order valence-corrected chi connectivity index (χ3v) is 8.73. The molecule has 1 aromatic carbocycles. The average molecular weight is 590 g/mol. The minimum atomic E-state index is -1.18. The molecule has 0 spiro atoms. The van der Waals surface area contributed by atoms with Gasteiger partial charge in [0.2, 0.25) is 17.6 Å². The lowest BCUT2D eigenvalue weighted by molar-refractivity contribution is -0.120. The fourth-order valence-electron chi connectivity index (χ4n) is 3.82. The van der Waals surface area contributed by atoms with E-state index in [2.05, 4.69) is 57.7 Å². The molecule has 0 saturated carbocycles. The number of carbonyl (C=O) groups is 1. The molecule has 1 heterocycles. The lowest BCUT2D eigenvalue weighted by Crippen LogP contribution is -2.33. The second-order valence-corrected chi connectivity index (χ2v) is 12.6. The molecule has 0 fully saturated rings. The number of rotatable bonds is 19. The predicted molar refractivity (Wildman–Crippen MR) is 165 cm³/mol. The van der Waals surface area contributed by atoms with Gasteiger partial charge in [-0.15, -0.1) is 10.2 Å². The molecule has 220 valence electrons. The van der Waals surface area contributed by atoms with Gasteiger partial charge in [0.05, 0.1) is 18.7 Å². The molecule has 0 aliphatic rings. The molecule has 40 heavy (non-hydrogen) atoms. The number of aromatic nitrogens is 1.